The number of carbonyl (C=O) groups excluding carboxylic acids is 1. The van der Waals surface area contributed by atoms with E-state index in [1.165, 1.54) is 0 Å². The number of aliphatic carboxylic acids is 1. The molecule has 2 N–H and O–H groups in total. The highest BCUT2D eigenvalue weighted by Gasteiger charge is 2.20. The van der Waals surface area contributed by atoms with Crippen molar-refractivity contribution in [3.05, 3.63) is 0 Å². The van der Waals surface area contributed by atoms with Gasteiger partial charge in [-0.3, -0.25) is 9.59 Å². The van der Waals surface area contributed by atoms with Gasteiger partial charge in [0.2, 0.25) is 0 Å². The smallest absolute Gasteiger partial charge is 0.378 e. The molecular weight excluding hydrogens is 269 g/mol. The fraction of sp³-hybridized carbons (Fsp3) is 0.867. The van der Waals surface area contributed by atoms with Gasteiger partial charge in [0.15, 0.2) is 0 Å². The molecule has 0 aliphatic heterocycles. The fourth-order valence-corrected chi connectivity index (χ4v) is 2.29. The van der Waals surface area contributed by atoms with Crippen LogP contribution in [0.5, 0.6) is 0 Å². The summed E-state index contributed by atoms with van der Waals surface area (Å²) in [5.74, 6) is -1.07. The molecule has 0 bridgehead atoms. The van der Waals surface area contributed by atoms with Crippen LogP contribution in [0.3, 0.4) is 0 Å². The molecule has 0 aliphatic rings. The van der Waals surface area contributed by atoms with Gasteiger partial charge in [-0.05, 0) is 38.1 Å². The first-order valence-electron chi connectivity index (χ1n) is 7.79. The molecular formula is C15H28BNO4. The number of carboxylic acids is 1. The van der Waals surface area contributed by atoms with Gasteiger partial charge < -0.3 is 15.1 Å². The van der Waals surface area contributed by atoms with Gasteiger partial charge in [-0.25, -0.2) is 0 Å². The summed E-state index contributed by atoms with van der Waals surface area (Å²) in [6.45, 7) is 6.63. The van der Waals surface area contributed by atoms with Gasteiger partial charge in [-0.15, -0.1) is 0 Å². The van der Waals surface area contributed by atoms with Crippen LogP contribution in [-0.4, -0.2) is 37.7 Å². The predicted octanol–water partition coefficient (Wildman–Crippen LogP) is 2.29. The summed E-state index contributed by atoms with van der Waals surface area (Å²) in [5, 5.41) is 12.2. The monoisotopic (exact) mass is 297 g/mol. The number of nitrogens with one attached hydrogen (secondary N) is 1. The van der Waals surface area contributed by atoms with Crippen LogP contribution in [0, 0.1) is 11.8 Å². The molecule has 21 heavy (non-hydrogen) atoms. The first-order valence-corrected chi connectivity index (χ1v) is 7.79. The van der Waals surface area contributed by atoms with Crippen molar-refractivity contribution in [1.82, 2.24) is 5.32 Å². The van der Waals surface area contributed by atoms with Gasteiger partial charge in [-0.1, -0.05) is 33.6 Å². The third kappa shape index (κ3) is 9.50. The number of rotatable bonds is 12. The topological polar surface area (TPSA) is 75.6 Å². The first kappa shape index (κ1) is 20.0. The summed E-state index contributed by atoms with van der Waals surface area (Å²) in [4.78, 5) is 22.6. The van der Waals surface area contributed by atoms with E-state index in [1.54, 1.807) is 0 Å². The fourth-order valence-electron chi connectivity index (χ4n) is 2.29. The lowest BCUT2D eigenvalue weighted by Gasteiger charge is -2.18. The summed E-state index contributed by atoms with van der Waals surface area (Å²) in [6, 6.07) is -0.527. The minimum atomic E-state index is -0.826. The quantitative estimate of drug-likeness (QED) is 0.427. The molecule has 0 aromatic heterocycles. The highest BCUT2D eigenvalue weighted by molar-refractivity contribution is 6.05. The van der Waals surface area contributed by atoms with Gasteiger partial charge in [0.1, 0.15) is 6.04 Å². The molecule has 0 heterocycles. The van der Waals surface area contributed by atoms with Crippen molar-refractivity contribution in [2.24, 2.45) is 11.8 Å². The van der Waals surface area contributed by atoms with Gasteiger partial charge >= 0.3 is 14.0 Å². The van der Waals surface area contributed by atoms with Crippen LogP contribution in [0.4, 0.5) is 0 Å². The Morgan fingerprint density at radius 2 is 1.86 bits per heavy atom. The maximum absolute atomic E-state index is 11.5. The van der Waals surface area contributed by atoms with Crippen molar-refractivity contribution >= 4 is 20.0 Å². The Morgan fingerprint density at radius 3 is 2.33 bits per heavy atom. The van der Waals surface area contributed by atoms with Gasteiger partial charge in [-0.2, -0.15) is 0 Å². The van der Waals surface area contributed by atoms with Crippen molar-refractivity contribution in [2.75, 3.05) is 6.54 Å². The second-order valence-corrected chi connectivity index (χ2v) is 5.89. The SMILES string of the molecule is [B]OC(=O)C(CCCC)CCCNC(CC(C)C)C(=O)O. The van der Waals surface area contributed by atoms with Crippen LogP contribution in [0.15, 0.2) is 0 Å². The van der Waals surface area contributed by atoms with E-state index in [1.807, 2.05) is 13.8 Å². The van der Waals surface area contributed by atoms with E-state index in [4.69, 9.17) is 13.2 Å². The molecule has 0 amide bonds. The molecule has 120 valence electrons. The number of hydrogen-bond donors (Lipinski definition) is 2. The van der Waals surface area contributed by atoms with Crippen LogP contribution < -0.4 is 5.32 Å². The van der Waals surface area contributed by atoms with Crippen molar-refractivity contribution in [3.63, 3.8) is 0 Å². The Morgan fingerprint density at radius 1 is 1.24 bits per heavy atom. The minimum absolute atomic E-state index is 0.190. The van der Waals surface area contributed by atoms with Crippen LogP contribution >= 0.6 is 0 Å². The third-order valence-electron chi connectivity index (χ3n) is 3.48. The highest BCUT2D eigenvalue weighted by atomic mass is 16.5. The van der Waals surface area contributed by atoms with Crippen LogP contribution in [0.2, 0.25) is 0 Å². The van der Waals surface area contributed by atoms with Crippen molar-refractivity contribution in [3.8, 4) is 0 Å². The maximum Gasteiger partial charge on any atom is 0.378 e. The standard InChI is InChI=1S/C15H28BNO4/c1-4-5-7-12(15(20)21-16)8-6-9-17-13(14(18)19)10-11(2)3/h11-13,17H,4-10H2,1-3H3,(H,18,19). The Labute approximate surface area is 129 Å². The first-order chi connectivity index (χ1) is 9.92. The molecule has 0 saturated carbocycles. The molecule has 0 aromatic rings. The molecule has 0 aromatic carbocycles. The number of unbranched alkanes of at least 4 members (excludes halogenated alkanes) is 1. The Hall–Kier alpha value is -1.04. The molecule has 5 nitrogen and oxygen atoms in total. The van der Waals surface area contributed by atoms with Gasteiger partial charge in [0, 0.05) is 0 Å². The summed E-state index contributed by atoms with van der Waals surface area (Å²) < 4.78 is 4.32. The number of carboxylic acid groups (broad SMARTS) is 1. The predicted molar refractivity (Wildman–Crippen MR) is 83.0 cm³/mol. The largest absolute Gasteiger partial charge is 0.543 e. The summed E-state index contributed by atoms with van der Waals surface area (Å²) in [6.07, 6.45) is 4.73. The Balaban J connectivity index is 4.11. The summed E-state index contributed by atoms with van der Waals surface area (Å²) >= 11 is 0. The lowest BCUT2D eigenvalue weighted by atomic mass is 9.96. The second kappa shape index (κ2) is 11.6. The summed E-state index contributed by atoms with van der Waals surface area (Å²) in [7, 11) is 4.95. The normalized spacial score (nSPS) is 13.9. The van der Waals surface area contributed by atoms with Gasteiger partial charge in [0.05, 0.1) is 5.92 Å². The zero-order valence-corrected chi connectivity index (χ0v) is 13.4. The highest BCUT2D eigenvalue weighted by Crippen LogP contribution is 2.16. The molecule has 0 fully saturated rings. The van der Waals surface area contributed by atoms with E-state index in [-0.39, 0.29) is 11.9 Å². The minimum Gasteiger partial charge on any atom is -0.543 e. The molecule has 6 heteroatoms. The van der Waals surface area contributed by atoms with Crippen molar-refractivity contribution in [1.29, 1.82) is 0 Å². The zero-order chi connectivity index (χ0) is 16.3. The van der Waals surface area contributed by atoms with E-state index in [2.05, 4.69) is 16.9 Å². The van der Waals surface area contributed by atoms with E-state index in [9.17, 15) is 9.59 Å². The van der Waals surface area contributed by atoms with Crippen molar-refractivity contribution < 1.29 is 19.3 Å². The molecule has 2 radical (unpaired) electrons. The zero-order valence-electron chi connectivity index (χ0n) is 13.4. The molecule has 0 saturated heterocycles. The number of carbonyl (C=O) groups is 2. The summed E-state index contributed by atoms with van der Waals surface area (Å²) in [5.41, 5.74) is 0. The van der Waals surface area contributed by atoms with Crippen LogP contribution in [-0.2, 0) is 14.2 Å². The lowest BCUT2D eigenvalue weighted by molar-refractivity contribution is -0.140. The van der Waals surface area contributed by atoms with E-state index >= 15 is 0 Å². The van der Waals surface area contributed by atoms with Gasteiger partial charge in [0.25, 0.3) is 5.97 Å². The molecule has 2 atom stereocenters. The molecule has 0 aliphatic carbocycles. The average Bonchev–Trinajstić information content (AvgIpc) is 2.43. The Bertz CT molecular complexity index is 310. The van der Waals surface area contributed by atoms with Crippen molar-refractivity contribution in [2.45, 2.75) is 65.3 Å². The molecule has 2 unspecified atom stereocenters. The second-order valence-electron chi connectivity index (χ2n) is 5.89. The number of hydrogen-bond acceptors (Lipinski definition) is 4. The molecule has 0 spiro atoms. The van der Waals surface area contributed by atoms with Crippen LogP contribution in [0.1, 0.15) is 59.3 Å². The third-order valence-corrected chi connectivity index (χ3v) is 3.48. The van der Waals surface area contributed by atoms with E-state index in [0.717, 1.165) is 25.7 Å². The molecule has 0 rings (SSSR count). The lowest BCUT2D eigenvalue weighted by Crippen LogP contribution is -2.38. The average molecular weight is 297 g/mol. The Kier molecular flexibility index (Phi) is 11.0. The van der Waals surface area contributed by atoms with Crippen LogP contribution in [0.25, 0.3) is 0 Å². The van der Waals surface area contributed by atoms with E-state index < -0.39 is 12.0 Å². The maximum atomic E-state index is 11.5. The van der Waals surface area contributed by atoms with E-state index in [0.29, 0.717) is 25.3 Å².